The third kappa shape index (κ3) is 8.33. The van der Waals surface area contributed by atoms with E-state index in [1.165, 1.54) is 0 Å². The molecule has 1 atom stereocenters. The molecule has 0 heterocycles. The smallest absolute Gasteiger partial charge is 0.397 e. The number of rotatable bonds is 6. The van der Waals surface area contributed by atoms with Crippen molar-refractivity contribution in [3.63, 3.8) is 0 Å². The Kier molecular flexibility index (Phi) is 7.61. The topological polar surface area (TPSA) is 81.7 Å². The summed E-state index contributed by atoms with van der Waals surface area (Å²) < 4.78 is 10.3. The number of hydrogen-bond acceptors (Lipinski definition) is 5. The van der Waals surface area contributed by atoms with Crippen molar-refractivity contribution in [2.24, 2.45) is 5.92 Å². The van der Waals surface area contributed by atoms with Crippen molar-refractivity contribution >= 4 is 17.8 Å². The van der Waals surface area contributed by atoms with Gasteiger partial charge in [-0.15, -0.1) is 0 Å². The second-order valence-corrected chi connectivity index (χ2v) is 7.25. The van der Waals surface area contributed by atoms with Crippen LogP contribution in [0.15, 0.2) is 30.3 Å². The maximum Gasteiger partial charge on any atom is 0.397 e. The van der Waals surface area contributed by atoms with Gasteiger partial charge in [-0.3, -0.25) is 4.79 Å². The summed E-state index contributed by atoms with van der Waals surface area (Å²) in [5, 5.41) is 2.42. The minimum Gasteiger partial charge on any atom is -0.458 e. The highest BCUT2D eigenvalue weighted by Crippen LogP contribution is 2.13. The molecule has 1 rings (SSSR count). The minimum atomic E-state index is -1.03. The van der Waals surface area contributed by atoms with Crippen molar-refractivity contribution in [1.29, 1.82) is 0 Å². The molecule has 1 N–H and O–H groups in total. The van der Waals surface area contributed by atoms with E-state index in [2.05, 4.69) is 5.32 Å². The molecule has 6 nitrogen and oxygen atoms in total. The Bertz CT molecular complexity index is 590. The maximum absolute atomic E-state index is 12.2. The zero-order chi connectivity index (χ0) is 19.0. The summed E-state index contributed by atoms with van der Waals surface area (Å²) in [5.74, 6) is -2.41. The number of carbonyl (C=O) groups is 3. The summed E-state index contributed by atoms with van der Waals surface area (Å²) >= 11 is 0. The highest BCUT2D eigenvalue weighted by atomic mass is 16.6. The summed E-state index contributed by atoms with van der Waals surface area (Å²) in [5.41, 5.74) is 0.0970. The van der Waals surface area contributed by atoms with Gasteiger partial charge in [0.2, 0.25) is 0 Å². The van der Waals surface area contributed by atoms with Crippen LogP contribution >= 0.6 is 0 Å². The van der Waals surface area contributed by atoms with E-state index >= 15 is 0 Å². The lowest BCUT2D eigenvalue weighted by Gasteiger charge is -2.25. The Morgan fingerprint density at radius 1 is 1.08 bits per heavy atom. The monoisotopic (exact) mass is 349 g/mol. The normalized spacial score (nSPS) is 12.4. The highest BCUT2D eigenvalue weighted by Gasteiger charge is 2.29. The van der Waals surface area contributed by atoms with Crippen molar-refractivity contribution in [2.45, 2.75) is 59.3 Å². The van der Waals surface area contributed by atoms with Gasteiger partial charge < -0.3 is 14.8 Å². The number of benzene rings is 1. The van der Waals surface area contributed by atoms with Crippen LogP contribution in [0.4, 0.5) is 0 Å². The predicted octanol–water partition coefficient (Wildman–Crippen LogP) is 2.60. The van der Waals surface area contributed by atoms with Crippen LogP contribution in [0.2, 0.25) is 0 Å². The first-order valence-corrected chi connectivity index (χ1v) is 8.33. The minimum absolute atomic E-state index is 0.00558. The number of hydrogen-bond donors (Lipinski definition) is 1. The average molecular weight is 349 g/mol. The van der Waals surface area contributed by atoms with Gasteiger partial charge in [0.05, 0.1) is 0 Å². The summed E-state index contributed by atoms with van der Waals surface area (Å²) in [7, 11) is 0. The first-order valence-electron chi connectivity index (χ1n) is 8.33. The Morgan fingerprint density at radius 3 is 2.20 bits per heavy atom. The summed E-state index contributed by atoms with van der Waals surface area (Å²) in [6, 6.07) is 8.14. The summed E-state index contributed by atoms with van der Waals surface area (Å²) in [6.07, 6.45) is 0.368. The number of amides is 1. The van der Waals surface area contributed by atoms with Gasteiger partial charge in [0.1, 0.15) is 18.2 Å². The van der Waals surface area contributed by atoms with E-state index in [1.807, 2.05) is 32.0 Å². The average Bonchev–Trinajstić information content (AvgIpc) is 2.50. The Balaban J connectivity index is 2.63. The second-order valence-electron chi connectivity index (χ2n) is 7.25. The molecule has 0 aromatic heterocycles. The van der Waals surface area contributed by atoms with Crippen molar-refractivity contribution in [2.75, 3.05) is 0 Å². The van der Waals surface area contributed by atoms with Crippen molar-refractivity contribution < 1.29 is 23.9 Å². The lowest BCUT2D eigenvalue weighted by Crippen LogP contribution is -2.47. The molecule has 1 amide bonds. The fourth-order valence-corrected chi connectivity index (χ4v) is 2.06. The van der Waals surface area contributed by atoms with E-state index in [0.717, 1.165) is 5.56 Å². The van der Waals surface area contributed by atoms with Crippen LogP contribution < -0.4 is 5.32 Å². The number of carbonyl (C=O) groups excluding carboxylic acids is 3. The first kappa shape index (κ1) is 20.7. The van der Waals surface area contributed by atoms with Gasteiger partial charge in [0.25, 0.3) is 0 Å². The third-order valence-corrected chi connectivity index (χ3v) is 3.10. The van der Waals surface area contributed by atoms with Crippen molar-refractivity contribution in [1.82, 2.24) is 5.32 Å². The lowest BCUT2D eigenvalue weighted by atomic mass is 10.0. The van der Waals surface area contributed by atoms with Crippen LogP contribution in [-0.4, -0.2) is 29.5 Å². The SMILES string of the molecule is CC(C)C[C@H](NC(=O)C(=O)OCc1ccccc1)C(=O)OC(C)(C)C. The van der Waals surface area contributed by atoms with E-state index < -0.39 is 29.5 Å². The van der Waals surface area contributed by atoms with Gasteiger partial charge in [-0.25, -0.2) is 9.59 Å². The van der Waals surface area contributed by atoms with E-state index in [4.69, 9.17) is 9.47 Å². The molecule has 0 aliphatic heterocycles. The highest BCUT2D eigenvalue weighted by molar-refractivity contribution is 6.32. The molecule has 0 saturated heterocycles. The molecule has 0 spiro atoms. The number of ether oxygens (including phenoxy) is 2. The van der Waals surface area contributed by atoms with Crippen LogP contribution in [-0.2, 0) is 30.5 Å². The van der Waals surface area contributed by atoms with Crippen LogP contribution in [0.1, 0.15) is 46.6 Å². The van der Waals surface area contributed by atoms with Gasteiger partial charge in [-0.05, 0) is 38.7 Å². The van der Waals surface area contributed by atoms with E-state index in [9.17, 15) is 14.4 Å². The molecule has 0 aliphatic rings. The molecular weight excluding hydrogens is 322 g/mol. The van der Waals surface area contributed by atoms with Crippen molar-refractivity contribution in [3.05, 3.63) is 35.9 Å². The van der Waals surface area contributed by atoms with E-state index in [-0.39, 0.29) is 12.5 Å². The largest absolute Gasteiger partial charge is 0.458 e. The molecule has 1 aromatic carbocycles. The van der Waals surface area contributed by atoms with E-state index in [0.29, 0.717) is 6.42 Å². The van der Waals surface area contributed by atoms with Gasteiger partial charge in [0.15, 0.2) is 0 Å². The molecule has 138 valence electrons. The molecule has 0 aliphatic carbocycles. The molecule has 0 fully saturated rings. The lowest BCUT2D eigenvalue weighted by molar-refractivity contribution is -0.162. The zero-order valence-corrected chi connectivity index (χ0v) is 15.5. The van der Waals surface area contributed by atoms with E-state index in [1.54, 1.807) is 32.9 Å². The molecule has 1 aromatic rings. The molecule has 0 unspecified atom stereocenters. The van der Waals surface area contributed by atoms with Gasteiger partial charge in [-0.2, -0.15) is 0 Å². The van der Waals surface area contributed by atoms with Gasteiger partial charge in [0, 0.05) is 0 Å². The first-order chi connectivity index (χ1) is 11.6. The van der Waals surface area contributed by atoms with Crippen LogP contribution in [0.3, 0.4) is 0 Å². The molecule has 0 bridgehead atoms. The number of esters is 2. The van der Waals surface area contributed by atoms with Crippen LogP contribution in [0.25, 0.3) is 0 Å². The Morgan fingerprint density at radius 2 is 1.68 bits per heavy atom. The van der Waals surface area contributed by atoms with Gasteiger partial charge >= 0.3 is 17.8 Å². The summed E-state index contributed by atoms with van der Waals surface area (Å²) in [6.45, 7) is 9.05. The standard InChI is InChI=1S/C19H27NO5/c1-13(2)11-15(17(22)25-19(3,4)5)20-16(21)18(23)24-12-14-9-7-6-8-10-14/h6-10,13,15H,11-12H2,1-5H3,(H,20,21)/t15-/m0/s1. The maximum atomic E-state index is 12.2. The Labute approximate surface area is 148 Å². The fourth-order valence-electron chi connectivity index (χ4n) is 2.06. The predicted molar refractivity (Wildman–Crippen MR) is 93.5 cm³/mol. The molecule has 0 radical (unpaired) electrons. The van der Waals surface area contributed by atoms with Crippen molar-refractivity contribution in [3.8, 4) is 0 Å². The second kappa shape index (κ2) is 9.20. The van der Waals surface area contributed by atoms with Crippen LogP contribution in [0, 0.1) is 5.92 Å². The third-order valence-electron chi connectivity index (χ3n) is 3.10. The molecular formula is C19H27NO5. The van der Waals surface area contributed by atoms with Gasteiger partial charge in [-0.1, -0.05) is 44.2 Å². The molecule has 25 heavy (non-hydrogen) atoms. The zero-order valence-electron chi connectivity index (χ0n) is 15.5. The summed E-state index contributed by atoms with van der Waals surface area (Å²) in [4.78, 5) is 36.1. The quantitative estimate of drug-likeness (QED) is 0.631. The fraction of sp³-hybridized carbons (Fsp3) is 0.526. The molecule has 6 heteroatoms. The Hall–Kier alpha value is -2.37. The number of nitrogens with one attached hydrogen (secondary N) is 1. The molecule has 0 saturated carbocycles. The van der Waals surface area contributed by atoms with Crippen LogP contribution in [0.5, 0.6) is 0 Å².